The first-order chi connectivity index (χ1) is 13.3. The molecular formula is C19H18Cl3N3O3. The molecule has 0 fully saturated rings. The van der Waals surface area contributed by atoms with Crippen molar-refractivity contribution >= 4 is 52.5 Å². The molecule has 2 rings (SSSR count). The molecule has 0 radical (unpaired) electrons. The molecule has 0 aliphatic carbocycles. The predicted octanol–water partition coefficient (Wildman–Crippen LogP) is 3.37. The summed E-state index contributed by atoms with van der Waals surface area (Å²) < 4.78 is 0. The number of benzene rings is 2. The van der Waals surface area contributed by atoms with Gasteiger partial charge in [-0.2, -0.15) is 0 Å². The van der Waals surface area contributed by atoms with Crippen molar-refractivity contribution in [3.63, 3.8) is 0 Å². The van der Waals surface area contributed by atoms with E-state index in [0.717, 1.165) is 5.56 Å². The van der Waals surface area contributed by atoms with Gasteiger partial charge in [-0.05, 0) is 42.8 Å². The highest BCUT2D eigenvalue weighted by molar-refractivity contribution is 6.36. The van der Waals surface area contributed by atoms with Crippen LogP contribution in [0.4, 0.5) is 0 Å². The third kappa shape index (κ3) is 6.71. The van der Waals surface area contributed by atoms with Crippen LogP contribution in [0, 0.1) is 0 Å². The normalized spacial score (nSPS) is 11.4. The van der Waals surface area contributed by atoms with Gasteiger partial charge in [0.2, 0.25) is 11.8 Å². The van der Waals surface area contributed by atoms with Crippen molar-refractivity contribution < 1.29 is 14.4 Å². The molecule has 0 saturated carbocycles. The number of halogens is 3. The zero-order valence-corrected chi connectivity index (χ0v) is 17.2. The summed E-state index contributed by atoms with van der Waals surface area (Å²) >= 11 is 17.6. The summed E-state index contributed by atoms with van der Waals surface area (Å²) in [5, 5.41) is 8.82. The Hall–Kier alpha value is -2.28. The second kappa shape index (κ2) is 10.3. The first-order valence-electron chi connectivity index (χ1n) is 8.31. The Morgan fingerprint density at radius 3 is 2.11 bits per heavy atom. The summed E-state index contributed by atoms with van der Waals surface area (Å²) in [5.41, 5.74) is 1.09. The van der Waals surface area contributed by atoms with Crippen LogP contribution in [0.2, 0.25) is 15.1 Å². The van der Waals surface area contributed by atoms with Crippen molar-refractivity contribution in [1.29, 1.82) is 0 Å². The Bertz CT molecular complexity index is 872. The maximum atomic E-state index is 12.0. The van der Waals surface area contributed by atoms with Crippen LogP contribution in [0.3, 0.4) is 0 Å². The largest absolute Gasteiger partial charge is 0.348 e. The number of carbonyl (C=O) groups excluding carboxylic acids is 3. The lowest BCUT2D eigenvalue weighted by atomic mass is 10.1. The smallest absolute Gasteiger partial charge is 0.253 e. The SMILES string of the molecule is CC(NC(=O)CNC(=O)CNC(=O)c1ccc(Cl)cc1Cl)c1ccc(Cl)cc1. The molecule has 0 spiro atoms. The molecule has 0 saturated heterocycles. The monoisotopic (exact) mass is 441 g/mol. The number of carbonyl (C=O) groups is 3. The van der Waals surface area contributed by atoms with Gasteiger partial charge in [0.15, 0.2) is 0 Å². The second-order valence-electron chi connectivity index (χ2n) is 5.92. The van der Waals surface area contributed by atoms with Crippen molar-refractivity contribution in [2.24, 2.45) is 0 Å². The van der Waals surface area contributed by atoms with Crippen molar-refractivity contribution in [2.75, 3.05) is 13.1 Å². The highest BCUT2D eigenvalue weighted by atomic mass is 35.5. The van der Waals surface area contributed by atoms with Crippen LogP contribution in [-0.4, -0.2) is 30.8 Å². The van der Waals surface area contributed by atoms with Crippen LogP contribution in [0.5, 0.6) is 0 Å². The lowest BCUT2D eigenvalue weighted by Gasteiger charge is -2.15. The van der Waals surface area contributed by atoms with Gasteiger partial charge in [0.1, 0.15) is 0 Å². The van der Waals surface area contributed by atoms with E-state index in [1.54, 1.807) is 12.1 Å². The average Bonchev–Trinajstić information content (AvgIpc) is 2.65. The van der Waals surface area contributed by atoms with Gasteiger partial charge in [-0.3, -0.25) is 14.4 Å². The van der Waals surface area contributed by atoms with E-state index in [2.05, 4.69) is 16.0 Å². The Morgan fingerprint density at radius 1 is 0.857 bits per heavy atom. The van der Waals surface area contributed by atoms with E-state index in [9.17, 15) is 14.4 Å². The average molecular weight is 443 g/mol. The lowest BCUT2D eigenvalue weighted by molar-refractivity contribution is -0.125. The quantitative estimate of drug-likeness (QED) is 0.614. The zero-order chi connectivity index (χ0) is 20.7. The predicted molar refractivity (Wildman–Crippen MR) is 110 cm³/mol. The van der Waals surface area contributed by atoms with E-state index in [1.165, 1.54) is 18.2 Å². The minimum atomic E-state index is -0.516. The van der Waals surface area contributed by atoms with E-state index in [-0.39, 0.29) is 35.6 Å². The molecule has 1 unspecified atom stereocenters. The van der Waals surface area contributed by atoms with E-state index in [0.29, 0.717) is 10.0 Å². The maximum Gasteiger partial charge on any atom is 0.253 e. The van der Waals surface area contributed by atoms with Crippen LogP contribution in [0.15, 0.2) is 42.5 Å². The molecule has 0 aromatic heterocycles. The van der Waals surface area contributed by atoms with Gasteiger partial charge in [0, 0.05) is 10.0 Å². The summed E-state index contributed by atoms with van der Waals surface area (Å²) in [7, 11) is 0. The zero-order valence-electron chi connectivity index (χ0n) is 14.9. The third-order valence-corrected chi connectivity index (χ3v) is 4.58. The molecule has 9 heteroatoms. The Morgan fingerprint density at radius 2 is 1.46 bits per heavy atom. The topological polar surface area (TPSA) is 87.3 Å². The fourth-order valence-corrected chi connectivity index (χ4v) is 2.92. The highest BCUT2D eigenvalue weighted by Gasteiger charge is 2.14. The molecule has 148 valence electrons. The van der Waals surface area contributed by atoms with E-state index >= 15 is 0 Å². The minimum Gasteiger partial charge on any atom is -0.348 e. The molecule has 2 aromatic carbocycles. The van der Waals surface area contributed by atoms with Crippen molar-refractivity contribution in [3.8, 4) is 0 Å². The third-order valence-electron chi connectivity index (χ3n) is 3.78. The van der Waals surface area contributed by atoms with Crippen molar-refractivity contribution in [1.82, 2.24) is 16.0 Å². The van der Waals surface area contributed by atoms with Crippen molar-refractivity contribution in [3.05, 3.63) is 68.7 Å². The summed E-state index contributed by atoms with van der Waals surface area (Å²) in [5.74, 6) is -1.38. The molecule has 1 atom stereocenters. The number of rotatable bonds is 7. The van der Waals surface area contributed by atoms with E-state index < -0.39 is 11.8 Å². The molecule has 3 amide bonds. The van der Waals surface area contributed by atoms with Crippen LogP contribution in [0.25, 0.3) is 0 Å². The number of hydrogen-bond acceptors (Lipinski definition) is 3. The molecule has 2 aromatic rings. The highest BCUT2D eigenvalue weighted by Crippen LogP contribution is 2.20. The molecule has 0 heterocycles. The molecule has 6 nitrogen and oxygen atoms in total. The van der Waals surface area contributed by atoms with Gasteiger partial charge in [-0.15, -0.1) is 0 Å². The summed E-state index contributed by atoms with van der Waals surface area (Å²) in [6.45, 7) is 1.31. The molecule has 3 N–H and O–H groups in total. The Kier molecular flexibility index (Phi) is 8.11. The van der Waals surface area contributed by atoms with E-state index in [4.69, 9.17) is 34.8 Å². The lowest BCUT2D eigenvalue weighted by Crippen LogP contribution is -2.42. The van der Waals surface area contributed by atoms with Gasteiger partial charge in [0.25, 0.3) is 5.91 Å². The number of hydrogen-bond donors (Lipinski definition) is 3. The molecule has 0 aliphatic rings. The van der Waals surface area contributed by atoms with Gasteiger partial charge >= 0.3 is 0 Å². The molecule has 0 bridgehead atoms. The van der Waals surface area contributed by atoms with Crippen LogP contribution >= 0.6 is 34.8 Å². The first kappa shape index (κ1) is 22.0. The fraction of sp³-hybridized carbons (Fsp3) is 0.211. The Balaban J connectivity index is 1.74. The summed E-state index contributed by atoms with van der Waals surface area (Å²) in [6, 6.07) is 11.3. The van der Waals surface area contributed by atoms with Gasteiger partial charge in [0.05, 0.1) is 29.7 Å². The molecule has 28 heavy (non-hydrogen) atoms. The molecule has 0 aliphatic heterocycles. The Labute approximate surface area is 177 Å². The van der Waals surface area contributed by atoms with Gasteiger partial charge in [-0.1, -0.05) is 46.9 Å². The standard InChI is InChI=1S/C19H18Cl3N3O3/c1-11(12-2-4-13(20)5-3-12)25-18(27)10-23-17(26)9-24-19(28)15-7-6-14(21)8-16(15)22/h2-8,11H,9-10H2,1H3,(H,23,26)(H,24,28)(H,25,27). The minimum absolute atomic E-state index is 0.181. The summed E-state index contributed by atoms with van der Waals surface area (Å²) in [6.07, 6.45) is 0. The second-order valence-corrected chi connectivity index (χ2v) is 7.20. The van der Waals surface area contributed by atoms with Crippen LogP contribution < -0.4 is 16.0 Å². The maximum absolute atomic E-state index is 12.0. The van der Waals surface area contributed by atoms with E-state index in [1.807, 2.05) is 19.1 Å². The first-order valence-corrected chi connectivity index (χ1v) is 9.44. The van der Waals surface area contributed by atoms with Crippen LogP contribution in [0.1, 0.15) is 28.9 Å². The fourth-order valence-electron chi connectivity index (χ4n) is 2.30. The number of amides is 3. The van der Waals surface area contributed by atoms with Gasteiger partial charge < -0.3 is 16.0 Å². The van der Waals surface area contributed by atoms with Crippen molar-refractivity contribution in [2.45, 2.75) is 13.0 Å². The van der Waals surface area contributed by atoms with Gasteiger partial charge in [-0.25, -0.2) is 0 Å². The summed E-state index contributed by atoms with van der Waals surface area (Å²) in [4.78, 5) is 35.8. The van der Waals surface area contributed by atoms with Crippen LogP contribution in [-0.2, 0) is 9.59 Å². The molecular weight excluding hydrogens is 425 g/mol. The number of nitrogens with one attached hydrogen (secondary N) is 3.